The minimum atomic E-state index is -0.745. The lowest BCUT2D eigenvalue weighted by Crippen LogP contribution is -2.37. The maximum absolute atomic E-state index is 10.4. The van der Waals surface area contributed by atoms with Crippen molar-refractivity contribution in [2.75, 3.05) is 6.54 Å². The van der Waals surface area contributed by atoms with Crippen LogP contribution in [0.5, 0.6) is 0 Å². The number of aromatic nitrogens is 1. The summed E-state index contributed by atoms with van der Waals surface area (Å²) in [6.07, 6.45) is 0.848. The van der Waals surface area contributed by atoms with Crippen LogP contribution < -0.4 is 5.32 Å². The number of carboxylic acids is 1. The Hall–Kier alpha value is -0.940. The van der Waals surface area contributed by atoms with E-state index in [9.17, 15) is 4.79 Å². The normalized spacial score (nSPS) is 11.8. The molecule has 0 radical (unpaired) electrons. The van der Waals surface area contributed by atoms with Gasteiger partial charge in [0.05, 0.1) is 11.2 Å². The summed E-state index contributed by atoms with van der Waals surface area (Å²) in [5.74, 6) is -0.745. The van der Waals surface area contributed by atoms with Gasteiger partial charge < -0.3 is 10.4 Å². The molecule has 0 saturated heterocycles. The van der Waals surface area contributed by atoms with Crippen LogP contribution in [0, 0.1) is 13.8 Å². The highest BCUT2D eigenvalue weighted by atomic mass is 32.1. The number of carboxylic acid groups (broad SMARTS) is 1. The number of nitrogens with zero attached hydrogens (tertiary/aromatic N) is 1. The Morgan fingerprint density at radius 1 is 1.47 bits per heavy atom. The van der Waals surface area contributed by atoms with E-state index in [1.165, 1.54) is 4.88 Å². The van der Waals surface area contributed by atoms with Crippen LogP contribution in [0.1, 0.15) is 42.3 Å². The van der Waals surface area contributed by atoms with Gasteiger partial charge in [-0.2, -0.15) is 0 Å². The van der Waals surface area contributed by atoms with Crippen LogP contribution in [-0.2, 0) is 10.3 Å². The summed E-state index contributed by atoms with van der Waals surface area (Å²) >= 11 is 1.70. The van der Waals surface area contributed by atoms with Gasteiger partial charge >= 0.3 is 5.97 Å². The van der Waals surface area contributed by atoms with Crippen molar-refractivity contribution >= 4 is 17.3 Å². The van der Waals surface area contributed by atoms with Crippen molar-refractivity contribution in [3.05, 3.63) is 15.6 Å². The van der Waals surface area contributed by atoms with E-state index in [-0.39, 0.29) is 12.0 Å². The molecule has 0 bridgehead atoms. The first-order valence-electron chi connectivity index (χ1n) is 5.74. The van der Waals surface area contributed by atoms with Crippen LogP contribution in [0.15, 0.2) is 0 Å². The molecule has 0 amide bonds. The number of rotatable bonds is 6. The van der Waals surface area contributed by atoms with E-state index in [0.717, 1.165) is 10.7 Å². The molecule has 2 N–H and O–H groups in total. The molecule has 0 aliphatic carbocycles. The fourth-order valence-corrected chi connectivity index (χ4v) is 2.45. The molecule has 1 rings (SSSR count). The Kier molecular flexibility index (Phi) is 4.65. The number of hydrogen-bond acceptors (Lipinski definition) is 4. The van der Waals surface area contributed by atoms with Crippen LogP contribution in [0.4, 0.5) is 0 Å². The molecule has 0 saturated carbocycles. The van der Waals surface area contributed by atoms with Gasteiger partial charge in [0.25, 0.3) is 0 Å². The quantitative estimate of drug-likeness (QED) is 0.767. The second kappa shape index (κ2) is 5.60. The Bertz CT molecular complexity index is 380. The molecule has 0 atom stereocenters. The summed E-state index contributed by atoms with van der Waals surface area (Å²) < 4.78 is 0. The van der Waals surface area contributed by atoms with Gasteiger partial charge in [-0.25, -0.2) is 4.98 Å². The van der Waals surface area contributed by atoms with Gasteiger partial charge in [-0.1, -0.05) is 0 Å². The fourth-order valence-electron chi connectivity index (χ4n) is 1.46. The summed E-state index contributed by atoms with van der Waals surface area (Å²) in [6, 6.07) is 0. The Morgan fingerprint density at radius 3 is 2.59 bits per heavy atom. The van der Waals surface area contributed by atoms with Gasteiger partial charge in [0.2, 0.25) is 0 Å². The molecule has 96 valence electrons. The first-order valence-corrected chi connectivity index (χ1v) is 6.56. The SMILES string of the molecule is Cc1nc(C(C)(C)NCCCC(=O)O)sc1C. The minimum absolute atomic E-state index is 0.192. The lowest BCUT2D eigenvalue weighted by molar-refractivity contribution is -0.137. The topological polar surface area (TPSA) is 62.2 Å². The van der Waals surface area contributed by atoms with Gasteiger partial charge in [-0.05, 0) is 40.7 Å². The van der Waals surface area contributed by atoms with E-state index in [1.54, 1.807) is 11.3 Å². The monoisotopic (exact) mass is 256 g/mol. The van der Waals surface area contributed by atoms with Gasteiger partial charge in [-0.3, -0.25) is 4.79 Å². The first-order chi connectivity index (χ1) is 7.83. The van der Waals surface area contributed by atoms with Gasteiger partial charge in [0.15, 0.2) is 0 Å². The molecule has 1 heterocycles. The predicted octanol–water partition coefficient (Wildman–Crippen LogP) is 2.45. The van der Waals surface area contributed by atoms with E-state index < -0.39 is 5.97 Å². The number of aliphatic carboxylic acids is 1. The highest BCUT2D eigenvalue weighted by Gasteiger charge is 2.23. The second-order valence-corrected chi connectivity index (χ2v) is 5.91. The van der Waals surface area contributed by atoms with Gasteiger partial charge in [0.1, 0.15) is 5.01 Å². The summed E-state index contributed by atoms with van der Waals surface area (Å²) in [6.45, 7) is 8.92. The number of nitrogens with one attached hydrogen (secondary N) is 1. The third-order valence-electron chi connectivity index (χ3n) is 2.70. The van der Waals surface area contributed by atoms with E-state index >= 15 is 0 Å². The van der Waals surface area contributed by atoms with Gasteiger partial charge in [0, 0.05) is 11.3 Å². The molecule has 0 spiro atoms. The van der Waals surface area contributed by atoms with Crippen molar-refractivity contribution in [3.63, 3.8) is 0 Å². The molecule has 0 unspecified atom stereocenters. The highest BCUT2D eigenvalue weighted by Crippen LogP contribution is 2.27. The highest BCUT2D eigenvalue weighted by molar-refractivity contribution is 7.11. The van der Waals surface area contributed by atoms with E-state index in [0.29, 0.717) is 13.0 Å². The predicted molar refractivity (Wildman–Crippen MR) is 69.5 cm³/mol. The lowest BCUT2D eigenvalue weighted by Gasteiger charge is -2.23. The Morgan fingerprint density at radius 2 is 2.12 bits per heavy atom. The van der Waals surface area contributed by atoms with Crippen molar-refractivity contribution in [3.8, 4) is 0 Å². The van der Waals surface area contributed by atoms with Gasteiger partial charge in [-0.15, -0.1) is 11.3 Å². The van der Waals surface area contributed by atoms with Crippen LogP contribution >= 0.6 is 11.3 Å². The molecule has 4 nitrogen and oxygen atoms in total. The Labute approximate surface area is 106 Å². The average molecular weight is 256 g/mol. The maximum atomic E-state index is 10.4. The number of thiazole rings is 1. The van der Waals surface area contributed by atoms with Crippen molar-refractivity contribution in [2.45, 2.75) is 46.1 Å². The van der Waals surface area contributed by atoms with Crippen LogP contribution in [0.25, 0.3) is 0 Å². The van der Waals surface area contributed by atoms with Crippen molar-refractivity contribution in [1.29, 1.82) is 0 Å². The number of carbonyl (C=O) groups is 1. The standard InChI is InChI=1S/C12H20N2O2S/c1-8-9(2)17-11(14-8)12(3,4)13-7-5-6-10(15)16/h13H,5-7H2,1-4H3,(H,15,16). The van der Waals surface area contributed by atoms with Crippen molar-refractivity contribution in [2.24, 2.45) is 0 Å². The van der Waals surface area contributed by atoms with E-state index in [2.05, 4.69) is 31.1 Å². The Balaban J connectivity index is 2.53. The van der Waals surface area contributed by atoms with Crippen molar-refractivity contribution in [1.82, 2.24) is 10.3 Å². The first kappa shape index (κ1) is 14.1. The summed E-state index contributed by atoms with van der Waals surface area (Å²) in [5.41, 5.74) is 0.882. The summed E-state index contributed by atoms with van der Waals surface area (Å²) in [7, 11) is 0. The summed E-state index contributed by atoms with van der Waals surface area (Å²) in [5, 5.41) is 13.0. The fraction of sp³-hybridized carbons (Fsp3) is 0.667. The molecule has 1 aromatic rings. The van der Waals surface area contributed by atoms with Crippen LogP contribution in [0.3, 0.4) is 0 Å². The molecule has 1 aromatic heterocycles. The molecule has 0 aliphatic heterocycles. The molecule has 0 aliphatic rings. The average Bonchev–Trinajstić information content (AvgIpc) is 2.55. The zero-order valence-corrected chi connectivity index (χ0v) is 11.6. The number of hydrogen-bond donors (Lipinski definition) is 2. The second-order valence-electron chi connectivity index (χ2n) is 4.71. The van der Waals surface area contributed by atoms with E-state index in [4.69, 9.17) is 5.11 Å². The van der Waals surface area contributed by atoms with Crippen molar-refractivity contribution < 1.29 is 9.90 Å². The zero-order chi connectivity index (χ0) is 13.1. The summed E-state index contributed by atoms with van der Waals surface area (Å²) in [4.78, 5) is 16.2. The molecular formula is C12H20N2O2S. The minimum Gasteiger partial charge on any atom is -0.481 e. The number of aryl methyl sites for hydroxylation is 2. The molecular weight excluding hydrogens is 236 g/mol. The van der Waals surface area contributed by atoms with E-state index in [1.807, 2.05) is 6.92 Å². The zero-order valence-electron chi connectivity index (χ0n) is 10.8. The largest absolute Gasteiger partial charge is 0.481 e. The molecule has 0 fully saturated rings. The lowest BCUT2D eigenvalue weighted by atomic mass is 10.1. The third-order valence-corrected chi connectivity index (χ3v) is 4.09. The molecule has 5 heteroatoms. The maximum Gasteiger partial charge on any atom is 0.303 e. The smallest absolute Gasteiger partial charge is 0.303 e. The molecule has 17 heavy (non-hydrogen) atoms. The van der Waals surface area contributed by atoms with Crippen LogP contribution in [0.2, 0.25) is 0 Å². The van der Waals surface area contributed by atoms with Crippen LogP contribution in [-0.4, -0.2) is 22.6 Å². The molecule has 0 aromatic carbocycles. The third kappa shape index (κ3) is 4.09.